The van der Waals surface area contributed by atoms with Crippen molar-refractivity contribution in [2.24, 2.45) is 11.7 Å². The summed E-state index contributed by atoms with van der Waals surface area (Å²) in [5.74, 6) is -0.129. The van der Waals surface area contributed by atoms with Crippen LogP contribution in [0.2, 0.25) is 0 Å². The summed E-state index contributed by atoms with van der Waals surface area (Å²) in [6, 6.07) is 4.79. The number of piperidine rings is 1. The summed E-state index contributed by atoms with van der Waals surface area (Å²) in [5.41, 5.74) is 5.69. The molecule has 1 unspecified atom stereocenters. The molecule has 0 radical (unpaired) electrons. The van der Waals surface area contributed by atoms with Crippen molar-refractivity contribution in [2.75, 3.05) is 18.0 Å². The maximum Gasteiger partial charge on any atom is 0.217 e. The van der Waals surface area contributed by atoms with Gasteiger partial charge in [-0.15, -0.1) is 10.2 Å². The molecule has 2 heterocycles. The zero-order chi connectivity index (χ0) is 17.1. The molecule has 1 aliphatic rings. The van der Waals surface area contributed by atoms with Crippen LogP contribution in [0, 0.1) is 11.7 Å². The van der Waals surface area contributed by atoms with Crippen LogP contribution in [0.4, 0.5) is 9.52 Å². The van der Waals surface area contributed by atoms with E-state index in [1.165, 1.54) is 17.4 Å². The van der Waals surface area contributed by atoms with Gasteiger partial charge in [-0.2, -0.15) is 0 Å². The lowest BCUT2D eigenvalue weighted by atomic mass is 9.93. The number of hydrogen-bond acceptors (Lipinski definition) is 5. The van der Waals surface area contributed by atoms with E-state index in [9.17, 15) is 9.18 Å². The quantitative estimate of drug-likeness (QED) is 0.813. The van der Waals surface area contributed by atoms with E-state index in [1.54, 1.807) is 12.1 Å². The smallest absolute Gasteiger partial charge is 0.217 e. The number of rotatable bonds is 5. The molecule has 1 saturated heterocycles. The fourth-order valence-electron chi connectivity index (χ4n) is 2.93. The summed E-state index contributed by atoms with van der Waals surface area (Å²) < 4.78 is 14.8. The van der Waals surface area contributed by atoms with Crippen molar-refractivity contribution in [3.63, 3.8) is 0 Å². The zero-order valence-electron chi connectivity index (χ0n) is 13.0. The molecular formula is C16H18BrFN4OS. The Bertz CT molecular complexity index is 739. The Morgan fingerprint density at radius 2 is 2.29 bits per heavy atom. The zero-order valence-corrected chi connectivity index (χ0v) is 15.4. The van der Waals surface area contributed by atoms with Gasteiger partial charge in [-0.25, -0.2) is 4.39 Å². The maximum atomic E-state index is 14.0. The highest BCUT2D eigenvalue weighted by molar-refractivity contribution is 9.10. The van der Waals surface area contributed by atoms with Crippen LogP contribution in [0.1, 0.15) is 25.7 Å². The van der Waals surface area contributed by atoms with E-state index in [0.717, 1.165) is 42.0 Å². The van der Waals surface area contributed by atoms with E-state index in [4.69, 9.17) is 5.73 Å². The molecule has 8 heteroatoms. The van der Waals surface area contributed by atoms with Crippen molar-refractivity contribution in [3.05, 3.63) is 28.5 Å². The summed E-state index contributed by atoms with van der Waals surface area (Å²) in [6.45, 7) is 1.74. The summed E-state index contributed by atoms with van der Waals surface area (Å²) >= 11 is 4.75. The molecule has 3 rings (SSSR count). The molecule has 0 aliphatic carbocycles. The lowest BCUT2D eigenvalue weighted by Crippen LogP contribution is -2.35. The van der Waals surface area contributed by atoms with Crippen LogP contribution in [0.25, 0.3) is 10.6 Å². The molecule has 1 atom stereocenters. The van der Waals surface area contributed by atoms with Crippen LogP contribution in [0.15, 0.2) is 22.7 Å². The first kappa shape index (κ1) is 17.3. The van der Waals surface area contributed by atoms with Gasteiger partial charge in [0.05, 0.1) is 0 Å². The van der Waals surface area contributed by atoms with Crippen LogP contribution in [-0.2, 0) is 4.79 Å². The van der Waals surface area contributed by atoms with E-state index in [2.05, 4.69) is 31.0 Å². The first-order valence-electron chi connectivity index (χ1n) is 7.85. The summed E-state index contributed by atoms with van der Waals surface area (Å²) in [6.07, 6.45) is 3.36. The van der Waals surface area contributed by atoms with Gasteiger partial charge in [0.2, 0.25) is 11.0 Å². The fraction of sp³-hybridized carbons (Fsp3) is 0.438. The van der Waals surface area contributed by atoms with E-state index >= 15 is 0 Å². The molecule has 1 fully saturated rings. The highest BCUT2D eigenvalue weighted by Crippen LogP contribution is 2.34. The number of primary amides is 1. The number of nitrogens with zero attached hydrogens (tertiary/aromatic N) is 3. The molecule has 1 aliphatic heterocycles. The van der Waals surface area contributed by atoms with Gasteiger partial charge in [0.15, 0.2) is 5.01 Å². The predicted octanol–water partition coefficient (Wildman–Crippen LogP) is 3.59. The molecular weight excluding hydrogens is 395 g/mol. The average Bonchev–Trinajstić information content (AvgIpc) is 3.05. The molecule has 2 aromatic rings. The number of benzene rings is 1. The molecule has 1 aromatic heterocycles. The van der Waals surface area contributed by atoms with Crippen LogP contribution in [-0.4, -0.2) is 29.2 Å². The average molecular weight is 413 g/mol. The first-order valence-corrected chi connectivity index (χ1v) is 9.46. The van der Waals surface area contributed by atoms with Crippen molar-refractivity contribution in [1.29, 1.82) is 0 Å². The van der Waals surface area contributed by atoms with Gasteiger partial charge in [-0.1, -0.05) is 27.3 Å². The van der Waals surface area contributed by atoms with Gasteiger partial charge in [-0.05, 0) is 43.4 Å². The largest absolute Gasteiger partial charge is 0.370 e. The van der Waals surface area contributed by atoms with Crippen molar-refractivity contribution in [2.45, 2.75) is 25.7 Å². The Kier molecular flexibility index (Phi) is 5.45. The third-order valence-corrected chi connectivity index (χ3v) is 5.67. The van der Waals surface area contributed by atoms with Gasteiger partial charge in [-0.3, -0.25) is 4.79 Å². The SMILES string of the molecule is NC(=O)CCC1CCCN(c2nnc(-c3cc(Br)ccc3F)s2)C1. The number of carbonyl (C=O) groups is 1. The number of aromatic nitrogens is 2. The highest BCUT2D eigenvalue weighted by Gasteiger charge is 2.23. The third kappa shape index (κ3) is 4.10. The van der Waals surface area contributed by atoms with Crippen LogP contribution < -0.4 is 10.6 Å². The molecule has 1 amide bonds. The van der Waals surface area contributed by atoms with E-state index in [0.29, 0.717) is 22.9 Å². The van der Waals surface area contributed by atoms with Crippen molar-refractivity contribution in [3.8, 4) is 10.6 Å². The Morgan fingerprint density at radius 1 is 1.46 bits per heavy atom. The second kappa shape index (κ2) is 7.57. The topological polar surface area (TPSA) is 72.1 Å². The Balaban J connectivity index is 1.73. The molecule has 0 bridgehead atoms. The predicted molar refractivity (Wildman–Crippen MR) is 96.4 cm³/mol. The second-order valence-electron chi connectivity index (χ2n) is 5.97. The summed E-state index contributed by atoms with van der Waals surface area (Å²) in [7, 11) is 0. The lowest BCUT2D eigenvalue weighted by Gasteiger charge is -2.32. The van der Waals surface area contributed by atoms with Gasteiger partial charge >= 0.3 is 0 Å². The van der Waals surface area contributed by atoms with Gasteiger partial charge in [0, 0.05) is 29.5 Å². The number of hydrogen-bond donors (Lipinski definition) is 1. The molecule has 5 nitrogen and oxygen atoms in total. The van der Waals surface area contributed by atoms with E-state index < -0.39 is 0 Å². The van der Waals surface area contributed by atoms with E-state index in [-0.39, 0.29) is 11.7 Å². The lowest BCUT2D eigenvalue weighted by molar-refractivity contribution is -0.118. The minimum absolute atomic E-state index is 0.254. The van der Waals surface area contributed by atoms with Crippen molar-refractivity contribution in [1.82, 2.24) is 10.2 Å². The molecule has 0 spiro atoms. The van der Waals surface area contributed by atoms with Gasteiger partial charge in [0.25, 0.3) is 0 Å². The minimum atomic E-state index is -0.307. The Morgan fingerprint density at radius 3 is 3.08 bits per heavy atom. The van der Waals surface area contributed by atoms with Gasteiger partial charge < -0.3 is 10.6 Å². The highest BCUT2D eigenvalue weighted by atomic mass is 79.9. The van der Waals surface area contributed by atoms with Crippen molar-refractivity contribution < 1.29 is 9.18 Å². The van der Waals surface area contributed by atoms with Crippen LogP contribution in [0.5, 0.6) is 0 Å². The monoisotopic (exact) mass is 412 g/mol. The molecule has 0 saturated carbocycles. The van der Waals surface area contributed by atoms with E-state index in [1.807, 2.05) is 0 Å². The molecule has 128 valence electrons. The minimum Gasteiger partial charge on any atom is -0.370 e. The van der Waals surface area contributed by atoms with Crippen LogP contribution >= 0.6 is 27.3 Å². The van der Waals surface area contributed by atoms with Crippen molar-refractivity contribution >= 4 is 38.3 Å². The molecule has 2 N–H and O–H groups in total. The second-order valence-corrected chi connectivity index (χ2v) is 7.84. The fourth-order valence-corrected chi connectivity index (χ4v) is 4.19. The van der Waals surface area contributed by atoms with Crippen LogP contribution in [0.3, 0.4) is 0 Å². The third-order valence-electron chi connectivity index (χ3n) is 4.16. The van der Waals surface area contributed by atoms with Gasteiger partial charge in [0.1, 0.15) is 5.82 Å². The number of carbonyl (C=O) groups excluding carboxylic acids is 1. The standard InChI is InChI=1S/C16H18BrFN4OS/c17-11-4-5-13(18)12(8-11)15-20-21-16(24-15)22-7-1-2-10(9-22)3-6-14(19)23/h4-5,8,10H,1-3,6-7,9H2,(H2,19,23). The number of anilines is 1. The molecule has 24 heavy (non-hydrogen) atoms. The molecule has 1 aromatic carbocycles. The summed E-state index contributed by atoms with van der Waals surface area (Å²) in [4.78, 5) is 13.1. The normalized spacial score (nSPS) is 17.9. The number of halogens is 2. The number of nitrogens with two attached hydrogens (primary N) is 1. The Labute approximate surface area is 152 Å². The Hall–Kier alpha value is -1.54. The maximum absolute atomic E-state index is 14.0. The first-order chi connectivity index (χ1) is 11.5. The number of amides is 1. The summed E-state index contributed by atoms with van der Waals surface area (Å²) in [5, 5.41) is 9.76.